The van der Waals surface area contributed by atoms with Gasteiger partial charge in [0.2, 0.25) is 0 Å². The van der Waals surface area contributed by atoms with Gasteiger partial charge in [-0.15, -0.1) is 0 Å². The first-order valence-corrected chi connectivity index (χ1v) is 5.98. The Kier molecular flexibility index (Phi) is 3.72. The van der Waals surface area contributed by atoms with E-state index in [1.807, 2.05) is 0 Å². The van der Waals surface area contributed by atoms with E-state index in [0.717, 1.165) is 25.9 Å². The van der Waals surface area contributed by atoms with E-state index >= 15 is 0 Å². The first-order chi connectivity index (χ1) is 8.63. The summed E-state index contributed by atoms with van der Waals surface area (Å²) >= 11 is 0. The molecule has 98 valence electrons. The molecule has 1 aromatic rings. The highest BCUT2D eigenvalue weighted by Gasteiger charge is 2.22. The molecule has 5 nitrogen and oxygen atoms in total. The van der Waals surface area contributed by atoms with E-state index in [2.05, 4.69) is 5.32 Å². The minimum absolute atomic E-state index is 0.0934. The summed E-state index contributed by atoms with van der Waals surface area (Å²) in [5, 5.41) is 22.4. The van der Waals surface area contributed by atoms with E-state index in [0.29, 0.717) is 5.56 Å². The highest BCUT2D eigenvalue weighted by atomic mass is 16.5. The number of hydrogen-bond acceptors (Lipinski definition) is 4. The zero-order chi connectivity index (χ0) is 13.1. The summed E-state index contributed by atoms with van der Waals surface area (Å²) in [6.45, 7) is 1.73. The van der Waals surface area contributed by atoms with Crippen molar-refractivity contribution >= 4 is 5.97 Å². The average Bonchev–Trinajstić information content (AvgIpc) is 2.39. The van der Waals surface area contributed by atoms with Crippen LogP contribution in [0.15, 0.2) is 12.1 Å². The van der Waals surface area contributed by atoms with E-state index in [9.17, 15) is 9.90 Å². The van der Waals surface area contributed by atoms with Crippen LogP contribution in [0, 0.1) is 0 Å². The summed E-state index contributed by atoms with van der Waals surface area (Å²) in [4.78, 5) is 11.1. The number of hydrogen-bond donors (Lipinski definition) is 3. The molecular weight excluding hydrogens is 234 g/mol. The van der Waals surface area contributed by atoms with Crippen molar-refractivity contribution in [3.63, 3.8) is 0 Å². The Morgan fingerprint density at radius 1 is 1.50 bits per heavy atom. The Morgan fingerprint density at radius 3 is 2.83 bits per heavy atom. The molecule has 0 saturated carbocycles. The lowest BCUT2D eigenvalue weighted by Gasteiger charge is -2.24. The maximum Gasteiger partial charge on any atom is 0.339 e. The largest absolute Gasteiger partial charge is 0.508 e. The molecule has 0 radical (unpaired) electrons. The predicted octanol–water partition coefficient (Wildman–Crippen LogP) is 1.57. The van der Waals surface area contributed by atoms with Gasteiger partial charge < -0.3 is 20.3 Å². The van der Waals surface area contributed by atoms with Crippen molar-refractivity contribution < 1.29 is 19.7 Å². The molecule has 0 spiro atoms. The van der Waals surface area contributed by atoms with Gasteiger partial charge in [-0.1, -0.05) is 0 Å². The molecule has 2 rings (SSSR count). The first kappa shape index (κ1) is 12.7. The number of rotatable bonds is 3. The fraction of sp³-hybridized carbons (Fsp3) is 0.462. The number of piperidine rings is 1. The molecule has 1 fully saturated rings. The lowest BCUT2D eigenvalue weighted by molar-refractivity contribution is 0.0693. The smallest absolute Gasteiger partial charge is 0.339 e. The third kappa shape index (κ3) is 2.41. The monoisotopic (exact) mass is 251 g/mol. The molecule has 3 N–H and O–H groups in total. The number of ether oxygens (including phenoxy) is 1. The van der Waals surface area contributed by atoms with Gasteiger partial charge in [-0.2, -0.15) is 0 Å². The van der Waals surface area contributed by atoms with Crippen molar-refractivity contribution in [3.05, 3.63) is 23.3 Å². The third-order valence-corrected chi connectivity index (χ3v) is 3.32. The van der Waals surface area contributed by atoms with Crippen molar-refractivity contribution in [1.29, 1.82) is 0 Å². The lowest BCUT2D eigenvalue weighted by Crippen LogP contribution is -2.28. The van der Waals surface area contributed by atoms with E-state index in [1.165, 1.54) is 19.2 Å². The SMILES string of the molecule is COc1cc(O)c(C2CCCNC2)cc1C(=O)O. The molecular formula is C13H17NO4. The van der Waals surface area contributed by atoms with Crippen molar-refractivity contribution in [2.75, 3.05) is 20.2 Å². The van der Waals surface area contributed by atoms with Crippen molar-refractivity contribution in [2.24, 2.45) is 0 Å². The van der Waals surface area contributed by atoms with Crippen LogP contribution in [0.5, 0.6) is 11.5 Å². The van der Waals surface area contributed by atoms with Crippen LogP contribution in [0.3, 0.4) is 0 Å². The van der Waals surface area contributed by atoms with Crippen LogP contribution in [0.1, 0.15) is 34.7 Å². The topological polar surface area (TPSA) is 78.8 Å². The van der Waals surface area contributed by atoms with Crippen LogP contribution in [-0.4, -0.2) is 36.4 Å². The second-order valence-electron chi connectivity index (χ2n) is 4.46. The molecule has 1 atom stereocenters. The van der Waals surface area contributed by atoms with Gasteiger partial charge in [0.25, 0.3) is 0 Å². The Morgan fingerprint density at radius 2 is 2.28 bits per heavy atom. The van der Waals surface area contributed by atoms with Gasteiger partial charge >= 0.3 is 5.97 Å². The molecule has 5 heteroatoms. The number of carboxylic acid groups (broad SMARTS) is 1. The Labute approximate surface area is 105 Å². The summed E-state index contributed by atoms with van der Waals surface area (Å²) in [5.41, 5.74) is 0.774. The second kappa shape index (κ2) is 5.27. The molecule has 0 aromatic heterocycles. The van der Waals surface area contributed by atoms with Gasteiger partial charge in [-0.3, -0.25) is 0 Å². The summed E-state index contributed by atoms with van der Waals surface area (Å²) < 4.78 is 4.97. The third-order valence-electron chi connectivity index (χ3n) is 3.32. The molecule has 0 amide bonds. The van der Waals surface area contributed by atoms with Crippen LogP contribution >= 0.6 is 0 Å². The number of phenolic OH excluding ortho intramolecular Hbond substituents is 1. The number of benzene rings is 1. The zero-order valence-corrected chi connectivity index (χ0v) is 10.3. The quantitative estimate of drug-likeness (QED) is 0.760. The van der Waals surface area contributed by atoms with Crippen LogP contribution in [-0.2, 0) is 0 Å². The molecule has 1 heterocycles. The molecule has 0 aliphatic carbocycles. The molecule has 1 aromatic carbocycles. The summed E-state index contributed by atoms with van der Waals surface area (Å²) in [6.07, 6.45) is 1.98. The maximum absolute atomic E-state index is 11.1. The Balaban J connectivity index is 2.40. The van der Waals surface area contributed by atoms with E-state index in [4.69, 9.17) is 9.84 Å². The maximum atomic E-state index is 11.1. The Bertz CT molecular complexity index is 453. The standard InChI is InChI=1S/C13H17NO4/c1-18-12-6-11(15)9(5-10(12)13(16)17)8-3-2-4-14-7-8/h5-6,8,14-15H,2-4,7H2,1H3,(H,16,17). The van der Waals surface area contributed by atoms with E-state index in [1.54, 1.807) is 0 Å². The minimum atomic E-state index is -1.04. The number of carbonyl (C=O) groups is 1. The number of phenols is 1. The molecule has 1 saturated heterocycles. The van der Waals surface area contributed by atoms with Crippen molar-refractivity contribution in [1.82, 2.24) is 5.32 Å². The number of aromatic carboxylic acids is 1. The molecule has 0 bridgehead atoms. The highest BCUT2D eigenvalue weighted by Crippen LogP contribution is 2.35. The average molecular weight is 251 g/mol. The number of methoxy groups -OCH3 is 1. The van der Waals surface area contributed by atoms with Gasteiger partial charge in [0.05, 0.1) is 7.11 Å². The van der Waals surface area contributed by atoms with Crippen LogP contribution < -0.4 is 10.1 Å². The molecule has 1 aliphatic heterocycles. The molecule has 18 heavy (non-hydrogen) atoms. The first-order valence-electron chi connectivity index (χ1n) is 5.98. The summed E-state index contributed by atoms with van der Waals surface area (Å²) in [6, 6.07) is 2.90. The predicted molar refractivity (Wildman–Crippen MR) is 66.5 cm³/mol. The summed E-state index contributed by atoms with van der Waals surface area (Å²) in [7, 11) is 1.39. The zero-order valence-electron chi connectivity index (χ0n) is 10.3. The molecule has 1 unspecified atom stereocenters. The fourth-order valence-corrected chi connectivity index (χ4v) is 2.37. The van der Waals surface area contributed by atoms with Gasteiger partial charge in [-0.05, 0) is 31.0 Å². The van der Waals surface area contributed by atoms with E-state index < -0.39 is 5.97 Å². The number of nitrogens with one attached hydrogen (secondary N) is 1. The van der Waals surface area contributed by atoms with E-state index in [-0.39, 0.29) is 23.0 Å². The Hall–Kier alpha value is -1.75. The normalized spacial score (nSPS) is 19.5. The van der Waals surface area contributed by atoms with Gasteiger partial charge in [0.15, 0.2) is 0 Å². The summed E-state index contributed by atoms with van der Waals surface area (Å²) in [5.74, 6) is -0.599. The minimum Gasteiger partial charge on any atom is -0.508 e. The highest BCUT2D eigenvalue weighted by molar-refractivity contribution is 5.91. The van der Waals surface area contributed by atoms with Crippen LogP contribution in [0.4, 0.5) is 0 Å². The van der Waals surface area contributed by atoms with Gasteiger partial charge in [0, 0.05) is 18.5 Å². The second-order valence-corrected chi connectivity index (χ2v) is 4.46. The van der Waals surface area contributed by atoms with Crippen molar-refractivity contribution in [3.8, 4) is 11.5 Å². The van der Waals surface area contributed by atoms with Gasteiger partial charge in [0.1, 0.15) is 17.1 Å². The number of carboxylic acids is 1. The number of aromatic hydroxyl groups is 1. The lowest BCUT2D eigenvalue weighted by atomic mass is 9.89. The van der Waals surface area contributed by atoms with Gasteiger partial charge in [-0.25, -0.2) is 4.79 Å². The molecule has 1 aliphatic rings. The van der Waals surface area contributed by atoms with Crippen LogP contribution in [0.25, 0.3) is 0 Å². The fourth-order valence-electron chi connectivity index (χ4n) is 2.37. The van der Waals surface area contributed by atoms with Crippen LogP contribution in [0.2, 0.25) is 0 Å². The van der Waals surface area contributed by atoms with Crippen molar-refractivity contribution in [2.45, 2.75) is 18.8 Å².